The summed E-state index contributed by atoms with van der Waals surface area (Å²) in [5.74, 6) is -0.945. The monoisotopic (exact) mass is 441 g/mol. The van der Waals surface area contributed by atoms with E-state index in [0.717, 1.165) is 0 Å². The van der Waals surface area contributed by atoms with E-state index in [1.54, 1.807) is 0 Å². The minimum atomic E-state index is -3.78. The molecule has 1 aliphatic heterocycles. The molecule has 2 aromatic heterocycles. The van der Waals surface area contributed by atoms with E-state index in [0.29, 0.717) is 19.4 Å². The fourth-order valence-corrected chi connectivity index (χ4v) is 4.91. The molecule has 2 aromatic rings. The number of hydrogen-bond acceptors (Lipinski definition) is 5. The second kappa shape index (κ2) is 9.17. The molecular weight excluding hydrogens is 416 g/mol. The Kier molecular flexibility index (Phi) is 6.81. The van der Waals surface area contributed by atoms with E-state index in [4.69, 9.17) is 0 Å². The Hall–Kier alpha value is -2.40. The third-order valence-electron chi connectivity index (χ3n) is 4.83. The van der Waals surface area contributed by atoms with Gasteiger partial charge >= 0.3 is 0 Å². The van der Waals surface area contributed by atoms with Crippen LogP contribution >= 0.6 is 0 Å². The lowest BCUT2D eigenvalue weighted by molar-refractivity contribution is -0.120. The third-order valence-corrected chi connectivity index (χ3v) is 6.68. The van der Waals surface area contributed by atoms with Crippen molar-refractivity contribution >= 4 is 21.6 Å². The van der Waals surface area contributed by atoms with E-state index in [1.165, 1.54) is 39.7 Å². The van der Waals surface area contributed by atoms with E-state index in [2.05, 4.69) is 15.4 Å². The molecule has 1 atom stereocenters. The van der Waals surface area contributed by atoms with Crippen LogP contribution in [0.3, 0.4) is 0 Å². The molecule has 3 rings (SSSR count). The Morgan fingerprint density at radius 2 is 2.13 bits per heavy atom. The SMILES string of the molecule is CC(C)Cn1cc(NC(=O)C2CCCN(S(=O)(=O)c3cccnc3)C2)c(C(F)F)n1. The molecular formula is C19H25F2N5O3S. The number of carbonyl (C=O) groups excluding carboxylic acids is 1. The maximum Gasteiger partial charge on any atom is 0.284 e. The molecule has 1 fully saturated rings. The van der Waals surface area contributed by atoms with E-state index < -0.39 is 34.0 Å². The van der Waals surface area contributed by atoms with Gasteiger partial charge in [-0.15, -0.1) is 0 Å². The zero-order valence-electron chi connectivity index (χ0n) is 16.8. The Balaban J connectivity index is 1.74. The highest BCUT2D eigenvalue weighted by atomic mass is 32.2. The minimum absolute atomic E-state index is 0.0206. The number of amides is 1. The van der Waals surface area contributed by atoms with Crippen LogP contribution in [0.25, 0.3) is 0 Å². The molecule has 0 aromatic carbocycles. The molecule has 0 aliphatic carbocycles. The van der Waals surface area contributed by atoms with E-state index in [-0.39, 0.29) is 29.6 Å². The number of anilines is 1. The number of nitrogens with one attached hydrogen (secondary N) is 1. The molecule has 1 amide bonds. The lowest BCUT2D eigenvalue weighted by Gasteiger charge is -2.31. The van der Waals surface area contributed by atoms with Crippen molar-refractivity contribution in [1.29, 1.82) is 0 Å². The van der Waals surface area contributed by atoms with Gasteiger partial charge in [-0.2, -0.15) is 9.40 Å². The van der Waals surface area contributed by atoms with E-state index >= 15 is 0 Å². The molecule has 0 saturated carbocycles. The first kappa shape index (κ1) is 22.3. The smallest absolute Gasteiger partial charge is 0.284 e. The highest BCUT2D eigenvalue weighted by Crippen LogP contribution is 2.28. The van der Waals surface area contributed by atoms with Gasteiger partial charge in [-0.3, -0.25) is 14.5 Å². The molecule has 164 valence electrons. The van der Waals surface area contributed by atoms with Crippen molar-refractivity contribution in [3.05, 3.63) is 36.4 Å². The molecule has 1 saturated heterocycles. The average Bonchev–Trinajstić information content (AvgIpc) is 3.10. The summed E-state index contributed by atoms with van der Waals surface area (Å²) in [6, 6.07) is 2.98. The van der Waals surface area contributed by atoms with Gasteiger partial charge in [-0.1, -0.05) is 13.8 Å². The van der Waals surface area contributed by atoms with Crippen LogP contribution in [0.4, 0.5) is 14.5 Å². The zero-order chi connectivity index (χ0) is 21.9. The summed E-state index contributed by atoms with van der Waals surface area (Å²) in [5.41, 5.74) is -0.525. The van der Waals surface area contributed by atoms with Gasteiger partial charge < -0.3 is 5.32 Å². The predicted molar refractivity (Wildman–Crippen MR) is 106 cm³/mol. The molecule has 30 heavy (non-hydrogen) atoms. The second-order valence-electron chi connectivity index (χ2n) is 7.72. The first-order valence-corrected chi connectivity index (χ1v) is 11.2. The quantitative estimate of drug-likeness (QED) is 0.713. The fourth-order valence-electron chi connectivity index (χ4n) is 3.42. The molecule has 1 aliphatic rings. The third kappa shape index (κ3) is 5.01. The Bertz CT molecular complexity index is 979. The summed E-state index contributed by atoms with van der Waals surface area (Å²) in [4.78, 5) is 16.7. The van der Waals surface area contributed by atoms with Crippen molar-refractivity contribution < 1.29 is 22.0 Å². The van der Waals surface area contributed by atoms with E-state index in [9.17, 15) is 22.0 Å². The number of hydrogen-bond donors (Lipinski definition) is 1. The summed E-state index contributed by atoms with van der Waals surface area (Å²) in [5, 5.41) is 6.41. The second-order valence-corrected chi connectivity index (χ2v) is 9.66. The summed E-state index contributed by atoms with van der Waals surface area (Å²) in [6.07, 6.45) is 2.26. The number of piperidine rings is 1. The van der Waals surface area contributed by atoms with Gasteiger partial charge in [0.1, 0.15) is 4.90 Å². The van der Waals surface area contributed by atoms with Crippen LogP contribution in [-0.2, 0) is 21.4 Å². The van der Waals surface area contributed by atoms with Gasteiger partial charge in [0, 0.05) is 38.2 Å². The van der Waals surface area contributed by atoms with Crippen LogP contribution in [0.1, 0.15) is 38.8 Å². The molecule has 0 radical (unpaired) electrons. The van der Waals surface area contributed by atoms with Crippen LogP contribution in [-0.4, -0.2) is 46.5 Å². The maximum atomic E-state index is 13.4. The first-order chi connectivity index (χ1) is 14.2. The maximum absolute atomic E-state index is 13.4. The van der Waals surface area contributed by atoms with Crippen molar-refractivity contribution in [1.82, 2.24) is 19.1 Å². The van der Waals surface area contributed by atoms with Gasteiger partial charge in [-0.25, -0.2) is 17.2 Å². The van der Waals surface area contributed by atoms with Crippen molar-refractivity contribution in [3.63, 3.8) is 0 Å². The molecule has 0 bridgehead atoms. The Morgan fingerprint density at radius 3 is 2.77 bits per heavy atom. The fraction of sp³-hybridized carbons (Fsp3) is 0.526. The summed E-state index contributed by atoms with van der Waals surface area (Å²) in [6.45, 7) is 4.57. The van der Waals surface area contributed by atoms with Gasteiger partial charge in [0.25, 0.3) is 6.43 Å². The number of nitrogens with zero attached hydrogens (tertiary/aromatic N) is 4. The van der Waals surface area contributed by atoms with Crippen LogP contribution in [0, 0.1) is 11.8 Å². The lowest BCUT2D eigenvalue weighted by atomic mass is 9.99. The van der Waals surface area contributed by atoms with Crippen LogP contribution in [0.2, 0.25) is 0 Å². The van der Waals surface area contributed by atoms with Crippen LogP contribution in [0.15, 0.2) is 35.6 Å². The topological polar surface area (TPSA) is 97.2 Å². The van der Waals surface area contributed by atoms with Crippen LogP contribution in [0.5, 0.6) is 0 Å². The number of halogens is 2. The summed E-state index contributed by atoms with van der Waals surface area (Å²) < 4.78 is 55.0. The van der Waals surface area contributed by atoms with Crippen molar-refractivity contribution in [2.45, 2.75) is 44.6 Å². The zero-order valence-corrected chi connectivity index (χ0v) is 17.6. The number of aromatic nitrogens is 3. The normalized spacial score (nSPS) is 18.1. The lowest BCUT2D eigenvalue weighted by Crippen LogP contribution is -2.43. The standard InChI is InChI=1S/C19H25F2N5O3S/c1-13(2)10-25-12-16(17(24-25)18(20)21)23-19(27)14-5-4-8-26(11-14)30(28,29)15-6-3-7-22-9-15/h3,6-7,9,12-14,18H,4-5,8,10-11H2,1-2H3,(H,23,27). The van der Waals surface area contributed by atoms with Crippen molar-refractivity contribution in [2.75, 3.05) is 18.4 Å². The predicted octanol–water partition coefficient (Wildman–Crippen LogP) is 2.91. The number of pyridine rings is 1. The molecule has 11 heteroatoms. The first-order valence-electron chi connectivity index (χ1n) is 9.75. The Labute approximate surface area is 174 Å². The molecule has 8 nitrogen and oxygen atoms in total. The number of alkyl halides is 2. The van der Waals surface area contributed by atoms with Gasteiger partial charge in [0.15, 0.2) is 5.69 Å². The molecule has 1 N–H and O–H groups in total. The molecule has 0 spiro atoms. The van der Waals surface area contributed by atoms with Gasteiger partial charge in [0.05, 0.1) is 11.6 Å². The number of sulfonamides is 1. The van der Waals surface area contributed by atoms with Crippen LogP contribution < -0.4 is 5.32 Å². The average molecular weight is 442 g/mol. The highest BCUT2D eigenvalue weighted by molar-refractivity contribution is 7.89. The van der Waals surface area contributed by atoms with Gasteiger partial charge in [-0.05, 0) is 30.9 Å². The molecule has 1 unspecified atom stereocenters. The summed E-state index contributed by atoms with van der Waals surface area (Å²) >= 11 is 0. The highest BCUT2D eigenvalue weighted by Gasteiger charge is 2.34. The van der Waals surface area contributed by atoms with E-state index in [1.807, 2.05) is 13.8 Å². The number of carbonyl (C=O) groups is 1. The van der Waals surface area contributed by atoms with Crippen molar-refractivity contribution in [2.24, 2.45) is 11.8 Å². The summed E-state index contributed by atoms with van der Waals surface area (Å²) in [7, 11) is -3.78. The Morgan fingerprint density at radius 1 is 1.37 bits per heavy atom. The molecule has 3 heterocycles. The number of rotatable bonds is 7. The largest absolute Gasteiger partial charge is 0.323 e. The van der Waals surface area contributed by atoms with Crippen molar-refractivity contribution in [3.8, 4) is 0 Å². The minimum Gasteiger partial charge on any atom is -0.323 e. The van der Waals surface area contributed by atoms with Gasteiger partial charge in [0.2, 0.25) is 15.9 Å².